The fourth-order valence-corrected chi connectivity index (χ4v) is 3.26. The van der Waals surface area contributed by atoms with Crippen LogP contribution in [0.15, 0.2) is 28.7 Å². The summed E-state index contributed by atoms with van der Waals surface area (Å²) in [6.45, 7) is 7.72. The Bertz CT molecular complexity index is 732. The van der Waals surface area contributed by atoms with Crippen molar-refractivity contribution in [2.75, 3.05) is 11.9 Å². The molecule has 0 aliphatic carbocycles. The Balaban J connectivity index is 1.76. The molecule has 0 saturated carbocycles. The lowest BCUT2D eigenvalue weighted by molar-refractivity contribution is 0.206. The summed E-state index contributed by atoms with van der Waals surface area (Å²) in [5.74, 6) is 0. The van der Waals surface area contributed by atoms with E-state index < -0.39 is 0 Å². The number of anilines is 1. The fourth-order valence-electron chi connectivity index (χ4n) is 2.86. The van der Waals surface area contributed by atoms with Crippen molar-refractivity contribution < 1.29 is 4.79 Å². The van der Waals surface area contributed by atoms with Gasteiger partial charge in [0.2, 0.25) is 0 Å². The fraction of sp³-hybridized carbons (Fsp3) is 0.412. The van der Waals surface area contributed by atoms with E-state index in [4.69, 9.17) is 0 Å². The van der Waals surface area contributed by atoms with Gasteiger partial charge in [-0.2, -0.15) is 5.10 Å². The lowest BCUT2D eigenvalue weighted by Crippen LogP contribution is -2.39. The van der Waals surface area contributed by atoms with Crippen LogP contribution in [0, 0.1) is 0 Å². The molecule has 1 aromatic carbocycles. The predicted octanol–water partition coefficient (Wildman–Crippen LogP) is 4.06. The Hall–Kier alpha value is -1.82. The van der Waals surface area contributed by atoms with Crippen LogP contribution < -0.4 is 5.32 Å². The number of fused-ring (bicyclic) bond motifs is 1. The molecule has 1 aromatic heterocycles. The first-order valence-electron chi connectivity index (χ1n) is 7.72. The molecule has 2 N–H and O–H groups in total. The maximum Gasteiger partial charge on any atom is 0.322 e. The molecule has 1 aliphatic rings. The third-order valence-corrected chi connectivity index (χ3v) is 4.50. The van der Waals surface area contributed by atoms with Crippen LogP contribution in [0.25, 0.3) is 0 Å². The Morgan fingerprint density at radius 3 is 2.87 bits per heavy atom. The zero-order valence-electron chi connectivity index (χ0n) is 13.6. The minimum absolute atomic E-state index is 0.0339. The van der Waals surface area contributed by atoms with E-state index in [9.17, 15) is 4.79 Å². The quantitative estimate of drug-likeness (QED) is 0.787. The summed E-state index contributed by atoms with van der Waals surface area (Å²) in [6.07, 6.45) is 0.810. The number of halogens is 1. The van der Waals surface area contributed by atoms with E-state index in [1.54, 1.807) is 0 Å². The Labute approximate surface area is 144 Å². The van der Waals surface area contributed by atoms with Crippen LogP contribution in [0.2, 0.25) is 0 Å². The first kappa shape index (κ1) is 16.1. The van der Waals surface area contributed by atoms with Crippen molar-refractivity contribution >= 4 is 27.6 Å². The summed E-state index contributed by atoms with van der Waals surface area (Å²) in [5, 5.41) is 10.6. The van der Waals surface area contributed by atoms with Gasteiger partial charge in [-0.3, -0.25) is 5.10 Å². The zero-order valence-corrected chi connectivity index (χ0v) is 15.2. The molecule has 0 fully saturated rings. The molecular formula is C17H21BrN4O. The second-order valence-corrected chi connectivity index (χ2v) is 7.81. The van der Waals surface area contributed by atoms with Gasteiger partial charge in [0.05, 0.1) is 12.2 Å². The number of benzene rings is 1. The molecule has 0 unspecified atom stereocenters. The molecule has 2 aromatic rings. The molecule has 0 bridgehead atoms. The summed E-state index contributed by atoms with van der Waals surface area (Å²) < 4.78 is 0.945. The van der Waals surface area contributed by atoms with Crippen molar-refractivity contribution in [3.8, 4) is 0 Å². The van der Waals surface area contributed by atoms with Crippen LogP contribution in [0.4, 0.5) is 10.5 Å². The third kappa shape index (κ3) is 3.42. The number of hydrogen-bond acceptors (Lipinski definition) is 2. The van der Waals surface area contributed by atoms with Crippen LogP contribution in [0.5, 0.6) is 0 Å². The highest BCUT2D eigenvalue weighted by Crippen LogP contribution is 2.29. The van der Waals surface area contributed by atoms with Crippen molar-refractivity contribution in [2.45, 2.75) is 39.2 Å². The number of H-pyrrole nitrogens is 1. The Morgan fingerprint density at radius 1 is 1.39 bits per heavy atom. The molecule has 23 heavy (non-hydrogen) atoms. The summed E-state index contributed by atoms with van der Waals surface area (Å²) in [7, 11) is 0. The van der Waals surface area contributed by atoms with Crippen molar-refractivity contribution in [3.05, 3.63) is 45.7 Å². The van der Waals surface area contributed by atoms with Gasteiger partial charge >= 0.3 is 6.03 Å². The average molecular weight is 377 g/mol. The number of carbonyl (C=O) groups is 1. The van der Waals surface area contributed by atoms with Crippen LogP contribution in [-0.2, 0) is 18.4 Å². The topological polar surface area (TPSA) is 61.0 Å². The number of aromatic nitrogens is 2. The van der Waals surface area contributed by atoms with Gasteiger partial charge in [0.15, 0.2) is 0 Å². The number of rotatable bonds is 1. The van der Waals surface area contributed by atoms with Crippen molar-refractivity contribution in [3.63, 3.8) is 0 Å². The van der Waals surface area contributed by atoms with Crippen LogP contribution in [0.3, 0.4) is 0 Å². The monoisotopic (exact) mass is 376 g/mol. The van der Waals surface area contributed by atoms with Gasteiger partial charge in [-0.05, 0) is 18.2 Å². The SMILES string of the molecule is CC(C)(C)c1n[nH]c2c1CN(C(=O)Nc1cccc(Br)c1)CC2. The molecule has 0 saturated heterocycles. The number of hydrogen-bond donors (Lipinski definition) is 2. The maximum atomic E-state index is 12.5. The molecule has 2 heterocycles. The number of carbonyl (C=O) groups excluding carboxylic acids is 1. The lowest BCUT2D eigenvalue weighted by Gasteiger charge is -2.29. The van der Waals surface area contributed by atoms with Crippen LogP contribution in [-0.4, -0.2) is 27.7 Å². The van der Waals surface area contributed by atoms with Crippen LogP contribution >= 0.6 is 15.9 Å². The third-order valence-electron chi connectivity index (χ3n) is 4.01. The van der Waals surface area contributed by atoms with E-state index in [1.807, 2.05) is 29.2 Å². The number of nitrogens with one attached hydrogen (secondary N) is 2. The van der Waals surface area contributed by atoms with Gasteiger partial charge in [0, 0.05) is 39.8 Å². The highest BCUT2D eigenvalue weighted by atomic mass is 79.9. The molecule has 5 nitrogen and oxygen atoms in total. The molecule has 0 atom stereocenters. The van der Waals surface area contributed by atoms with Gasteiger partial charge in [-0.15, -0.1) is 0 Å². The molecule has 2 amide bonds. The van der Waals surface area contributed by atoms with Crippen molar-refractivity contribution in [1.29, 1.82) is 0 Å². The molecule has 0 spiro atoms. The highest BCUT2D eigenvalue weighted by Gasteiger charge is 2.29. The Morgan fingerprint density at radius 2 is 2.17 bits per heavy atom. The predicted molar refractivity (Wildman–Crippen MR) is 94.6 cm³/mol. The number of urea groups is 1. The van der Waals surface area contributed by atoms with Gasteiger partial charge < -0.3 is 10.2 Å². The average Bonchev–Trinajstić information content (AvgIpc) is 2.90. The molecule has 6 heteroatoms. The van der Waals surface area contributed by atoms with Gasteiger partial charge in [-0.25, -0.2) is 4.79 Å². The molecular weight excluding hydrogens is 356 g/mol. The van der Waals surface area contributed by atoms with E-state index in [-0.39, 0.29) is 11.4 Å². The lowest BCUT2D eigenvalue weighted by atomic mass is 9.87. The molecule has 3 rings (SSSR count). The van der Waals surface area contributed by atoms with Gasteiger partial charge in [0.1, 0.15) is 0 Å². The first-order chi connectivity index (χ1) is 10.8. The maximum absolute atomic E-state index is 12.5. The normalized spacial score (nSPS) is 14.5. The van der Waals surface area contributed by atoms with E-state index in [2.05, 4.69) is 52.2 Å². The summed E-state index contributed by atoms with van der Waals surface area (Å²) >= 11 is 3.42. The summed E-state index contributed by atoms with van der Waals surface area (Å²) in [4.78, 5) is 14.4. The second kappa shape index (κ2) is 6.00. The van der Waals surface area contributed by atoms with E-state index in [1.165, 1.54) is 0 Å². The summed E-state index contributed by atoms with van der Waals surface area (Å²) in [6, 6.07) is 7.54. The smallest absolute Gasteiger partial charge is 0.320 e. The largest absolute Gasteiger partial charge is 0.322 e. The Kier molecular flexibility index (Phi) is 4.19. The van der Waals surface area contributed by atoms with E-state index >= 15 is 0 Å². The van der Waals surface area contributed by atoms with Gasteiger partial charge in [-0.1, -0.05) is 42.8 Å². The molecule has 1 aliphatic heterocycles. The standard InChI is InChI=1S/C17H21BrN4O/c1-17(2,3)15-13-10-22(8-7-14(13)20-21-15)16(23)19-12-6-4-5-11(18)9-12/h4-6,9H,7-8,10H2,1-3H3,(H,19,23)(H,20,21). The van der Waals surface area contributed by atoms with E-state index in [0.29, 0.717) is 13.1 Å². The van der Waals surface area contributed by atoms with Crippen molar-refractivity contribution in [2.24, 2.45) is 0 Å². The zero-order chi connectivity index (χ0) is 16.6. The first-order valence-corrected chi connectivity index (χ1v) is 8.52. The number of aromatic amines is 1. The molecule has 122 valence electrons. The second-order valence-electron chi connectivity index (χ2n) is 6.89. The minimum Gasteiger partial charge on any atom is -0.320 e. The van der Waals surface area contributed by atoms with Gasteiger partial charge in [0.25, 0.3) is 0 Å². The van der Waals surface area contributed by atoms with Crippen molar-refractivity contribution in [1.82, 2.24) is 15.1 Å². The number of nitrogens with zero attached hydrogens (tertiary/aromatic N) is 2. The summed E-state index contributed by atoms with van der Waals surface area (Å²) in [5.41, 5.74) is 4.12. The van der Waals surface area contributed by atoms with Crippen LogP contribution in [0.1, 0.15) is 37.7 Å². The van der Waals surface area contributed by atoms with E-state index in [0.717, 1.165) is 33.5 Å². The number of amides is 2. The molecule has 0 radical (unpaired) electrons. The highest BCUT2D eigenvalue weighted by molar-refractivity contribution is 9.10. The minimum atomic E-state index is -0.0743.